The van der Waals surface area contributed by atoms with Gasteiger partial charge in [-0.2, -0.15) is 5.26 Å². The molecule has 0 radical (unpaired) electrons. The summed E-state index contributed by atoms with van der Waals surface area (Å²) in [5, 5.41) is 8.88. The van der Waals surface area contributed by atoms with E-state index in [1.165, 1.54) is 12.8 Å². The molecule has 1 aliphatic rings. The third-order valence-corrected chi connectivity index (χ3v) is 3.26. The molecule has 0 bridgehead atoms. The first-order valence-corrected chi connectivity index (χ1v) is 5.43. The molecule has 1 aliphatic carbocycles. The molecule has 2 rings (SSSR count). The Labute approximate surface area is 90.5 Å². The topological polar surface area (TPSA) is 33.0 Å². The minimum absolute atomic E-state index is 0.629. The Hall–Kier alpha value is -1.49. The minimum atomic E-state index is 0.629. The summed E-state index contributed by atoms with van der Waals surface area (Å²) in [4.78, 5) is 0. The van der Waals surface area contributed by atoms with E-state index in [1.54, 1.807) is 6.07 Å². The van der Waals surface area contributed by atoms with E-state index in [-0.39, 0.29) is 0 Å². The normalized spacial score (nSPS) is 24.0. The fraction of sp³-hybridized carbons (Fsp3) is 0.462. The van der Waals surface area contributed by atoms with Crippen LogP contribution in [0.1, 0.15) is 25.3 Å². The Morgan fingerprint density at radius 3 is 2.80 bits per heavy atom. The van der Waals surface area contributed by atoms with Gasteiger partial charge in [-0.25, -0.2) is 0 Å². The highest BCUT2D eigenvalue weighted by molar-refractivity contribution is 5.42. The second kappa shape index (κ2) is 4.35. The molecule has 1 saturated carbocycles. The van der Waals surface area contributed by atoms with E-state index in [0.29, 0.717) is 11.5 Å². The van der Waals surface area contributed by atoms with Gasteiger partial charge in [0.1, 0.15) is 11.8 Å². The van der Waals surface area contributed by atoms with Crippen molar-refractivity contribution in [2.45, 2.75) is 19.8 Å². The molecule has 78 valence electrons. The number of benzene rings is 1. The van der Waals surface area contributed by atoms with Crippen LogP contribution in [-0.2, 0) is 0 Å². The molecule has 0 heterocycles. The molecule has 0 saturated heterocycles. The molecule has 0 aliphatic heterocycles. The van der Waals surface area contributed by atoms with Gasteiger partial charge in [0, 0.05) is 0 Å². The number of para-hydroxylation sites is 1. The fourth-order valence-corrected chi connectivity index (χ4v) is 1.86. The molecule has 15 heavy (non-hydrogen) atoms. The quantitative estimate of drug-likeness (QED) is 0.753. The number of nitrogens with zero attached hydrogens (tertiary/aromatic N) is 1. The first kappa shape index (κ1) is 10.0. The molecule has 1 aromatic rings. The Morgan fingerprint density at radius 1 is 1.40 bits per heavy atom. The molecular formula is C13H15NO. The molecule has 1 fully saturated rings. The van der Waals surface area contributed by atoms with E-state index in [9.17, 15) is 0 Å². The lowest BCUT2D eigenvalue weighted by atomic mass is 9.75. The summed E-state index contributed by atoms with van der Waals surface area (Å²) < 4.78 is 5.68. The summed E-state index contributed by atoms with van der Waals surface area (Å²) >= 11 is 0. The third kappa shape index (κ3) is 2.12. The molecule has 2 nitrogen and oxygen atoms in total. The average Bonchev–Trinajstić information content (AvgIpc) is 2.28. The Balaban J connectivity index is 1.96. The van der Waals surface area contributed by atoms with E-state index in [1.807, 2.05) is 18.2 Å². The van der Waals surface area contributed by atoms with Gasteiger partial charge in [0.2, 0.25) is 0 Å². The molecule has 2 atom stereocenters. The lowest BCUT2D eigenvalue weighted by Crippen LogP contribution is -2.28. The summed E-state index contributed by atoms with van der Waals surface area (Å²) in [5.41, 5.74) is 0.629. The van der Waals surface area contributed by atoms with Gasteiger partial charge in [-0.3, -0.25) is 0 Å². The number of hydrogen-bond acceptors (Lipinski definition) is 2. The van der Waals surface area contributed by atoms with Gasteiger partial charge in [0.15, 0.2) is 0 Å². The summed E-state index contributed by atoms with van der Waals surface area (Å²) in [6, 6.07) is 9.56. The van der Waals surface area contributed by atoms with Crippen LogP contribution in [0.15, 0.2) is 24.3 Å². The summed E-state index contributed by atoms with van der Waals surface area (Å²) in [6.45, 7) is 3.01. The van der Waals surface area contributed by atoms with Crippen LogP contribution in [0, 0.1) is 23.2 Å². The summed E-state index contributed by atoms with van der Waals surface area (Å²) in [5.74, 6) is 2.18. The van der Waals surface area contributed by atoms with Crippen molar-refractivity contribution in [2.24, 2.45) is 11.8 Å². The zero-order chi connectivity index (χ0) is 10.7. The van der Waals surface area contributed by atoms with Crippen molar-refractivity contribution in [2.75, 3.05) is 6.61 Å². The van der Waals surface area contributed by atoms with Crippen molar-refractivity contribution in [3.63, 3.8) is 0 Å². The van der Waals surface area contributed by atoms with Gasteiger partial charge in [0.25, 0.3) is 0 Å². The highest BCUT2D eigenvalue weighted by atomic mass is 16.5. The number of rotatable bonds is 3. The maximum absolute atomic E-state index is 8.88. The molecule has 0 spiro atoms. The highest BCUT2D eigenvalue weighted by Crippen LogP contribution is 2.34. The van der Waals surface area contributed by atoms with Crippen molar-refractivity contribution >= 4 is 0 Å². The van der Waals surface area contributed by atoms with Crippen LogP contribution in [0.2, 0.25) is 0 Å². The Bertz CT molecular complexity index is 380. The minimum Gasteiger partial charge on any atom is -0.492 e. The lowest BCUT2D eigenvalue weighted by molar-refractivity contribution is 0.116. The van der Waals surface area contributed by atoms with E-state index < -0.39 is 0 Å². The van der Waals surface area contributed by atoms with Crippen LogP contribution in [0.25, 0.3) is 0 Å². The summed E-state index contributed by atoms with van der Waals surface area (Å²) in [7, 11) is 0. The second-order valence-electron chi connectivity index (χ2n) is 4.23. The van der Waals surface area contributed by atoms with Crippen molar-refractivity contribution in [1.82, 2.24) is 0 Å². The third-order valence-electron chi connectivity index (χ3n) is 3.26. The highest BCUT2D eigenvalue weighted by Gasteiger charge is 2.27. The van der Waals surface area contributed by atoms with Crippen LogP contribution in [0.4, 0.5) is 0 Å². The van der Waals surface area contributed by atoms with E-state index in [4.69, 9.17) is 10.00 Å². The standard InChI is InChI=1S/C13H15NO/c1-10-6-7-12(10)9-15-13-5-3-2-4-11(13)8-14/h2-5,10,12H,6-7,9H2,1H3/t10-,12-/m1/s1. The van der Waals surface area contributed by atoms with Gasteiger partial charge in [-0.15, -0.1) is 0 Å². The molecule has 0 aromatic heterocycles. The van der Waals surface area contributed by atoms with Gasteiger partial charge >= 0.3 is 0 Å². The maximum Gasteiger partial charge on any atom is 0.137 e. The van der Waals surface area contributed by atoms with Crippen LogP contribution in [0.3, 0.4) is 0 Å². The summed E-state index contributed by atoms with van der Waals surface area (Å²) in [6.07, 6.45) is 2.57. The fourth-order valence-electron chi connectivity index (χ4n) is 1.86. The first-order chi connectivity index (χ1) is 7.31. The second-order valence-corrected chi connectivity index (χ2v) is 4.23. The van der Waals surface area contributed by atoms with Crippen LogP contribution < -0.4 is 4.74 Å². The largest absolute Gasteiger partial charge is 0.492 e. The number of hydrogen-bond donors (Lipinski definition) is 0. The van der Waals surface area contributed by atoms with Crippen molar-refractivity contribution in [3.8, 4) is 11.8 Å². The first-order valence-electron chi connectivity index (χ1n) is 5.43. The van der Waals surface area contributed by atoms with Gasteiger partial charge in [0.05, 0.1) is 12.2 Å². The molecule has 1 aromatic carbocycles. The van der Waals surface area contributed by atoms with Crippen molar-refractivity contribution in [1.29, 1.82) is 5.26 Å². The van der Waals surface area contributed by atoms with Gasteiger partial charge in [-0.05, 0) is 36.8 Å². The predicted molar refractivity (Wildman–Crippen MR) is 58.5 cm³/mol. The van der Waals surface area contributed by atoms with Crippen LogP contribution in [0.5, 0.6) is 5.75 Å². The van der Waals surface area contributed by atoms with E-state index in [2.05, 4.69) is 13.0 Å². The number of nitriles is 1. The van der Waals surface area contributed by atoms with Crippen LogP contribution >= 0.6 is 0 Å². The monoisotopic (exact) mass is 201 g/mol. The van der Waals surface area contributed by atoms with Gasteiger partial charge in [-0.1, -0.05) is 19.1 Å². The van der Waals surface area contributed by atoms with Gasteiger partial charge < -0.3 is 4.74 Å². The van der Waals surface area contributed by atoms with Crippen molar-refractivity contribution in [3.05, 3.63) is 29.8 Å². The Morgan fingerprint density at radius 2 is 2.20 bits per heavy atom. The predicted octanol–water partition coefficient (Wildman–Crippen LogP) is 2.98. The SMILES string of the molecule is C[C@@H]1CC[C@@H]1COc1ccccc1C#N. The van der Waals surface area contributed by atoms with Crippen molar-refractivity contribution < 1.29 is 4.74 Å². The van der Waals surface area contributed by atoms with Crippen LogP contribution in [-0.4, -0.2) is 6.61 Å². The zero-order valence-corrected chi connectivity index (χ0v) is 8.94. The maximum atomic E-state index is 8.88. The average molecular weight is 201 g/mol. The molecule has 0 amide bonds. The zero-order valence-electron chi connectivity index (χ0n) is 8.94. The Kier molecular flexibility index (Phi) is 2.91. The van der Waals surface area contributed by atoms with E-state index >= 15 is 0 Å². The number of ether oxygens (including phenoxy) is 1. The lowest BCUT2D eigenvalue weighted by Gasteiger charge is -2.33. The molecule has 0 N–H and O–H groups in total. The smallest absolute Gasteiger partial charge is 0.137 e. The molecule has 2 heteroatoms. The molecular weight excluding hydrogens is 186 g/mol. The van der Waals surface area contributed by atoms with E-state index in [0.717, 1.165) is 18.3 Å². The molecule has 0 unspecified atom stereocenters.